The first kappa shape index (κ1) is 13.4. The smallest absolute Gasteiger partial charge is 0.138 e. The number of ether oxygens (including phenoxy) is 1. The van der Waals surface area contributed by atoms with E-state index in [2.05, 4.69) is 25.9 Å². The van der Waals surface area contributed by atoms with E-state index in [1.54, 1.807) is 6.33 Å². The van der Waals surface area contributed by atoms with Crippen LogP contribution in [0.4, 0.5) is 0 Å². The van der Waals surface area contributed by atoms with E-state index in [1.807, 2.05) is 24.8 Å². The zero-order chi connectivity index (χ0) is 15.2. The number of piperidine rings is 3. The number of rotatable bonds is 3. The van der Waals surface area contributed by atoms with E-state index in [0.29, 0.717) is 17.9 Å². The van der Waals surface area contributed by atoms with Crippen molar-refractivity contribution in [1.29, 1.82) is 0 Å². The van der Waals surface area contributed by atoms with E-state index in [-0.39, 0.29) is 0 Å². The van der Waals surface area contributed by atoms with Crippen molar-refractivity contribution in [3.63, 3.8) is 0 Å². The third-order valence-electron chi connectivity index (χ3n) is 5.58. The molecule has 2 atom stereocenters. The van der Waals surface area contributed by atoms with E-state index in [0.717, 1.165) is 22.8 Å². The lowest BCUT2D eigenvalue weighted by Crippen LogP contribution is -2.61. The molecule has 5 nitrogen and oxygen atoms in total. The highest BCUT2D eigenvalue weighted by Crippen LogP contribution is 2.45. The summed E-state index contributed by atoms with van der Waals surface area (Å²) in [5.41, 5.74) is 1.98. The van der Waals surface area contributed by atoms with E-state index in [1.165, 1.54) is 32.5 Å². The summed E-state index contributed by atoms with van der Waals surface area (Å²) in [4.78, 5) is 15.1. The summed E-state index contributed by atoms with van der Waals surface area (Å²) in [6.07, 6.45) is 11.9. The standard InChI is InChI=1S/C18H20N4O/c1-12-2-15-10-22(8-12)9-14(1)18(15)23-17-3-13(4-19-7-17)16-5-20-11-21-6-16/h3-7,11-12,14-15,18H,1-2,8-10H2/t12?,14-,15-,18?/m0/s1. The predicted molar refractivity (Wildman–Crippen MR) is 85.8 cm³/mol. The van der Waals surface area contributed by atoms with Crippen molar-refractivity contribution in [2.45, 2.75) is 18.9 Å². The van der Waals surface area contributed by atoms with Gasteiger partial charge in [0.2, 0.25) is 0 Å². The van der Waals surface area contributed by atoms with Gasteiger partial charge in [-0.2, -0.15) is 0 Å². The third-order valence-corrected chi connectivity index (χ3v) is 5.58. The molecule has 0 N–H and O–H groups in total. The van der Waals surface area contributed by atoms with Gasteiger partial charge in [0.05, 0.1) is 6.20 Å². The molecule has 2 aromatic heterocycles. The Morgan fingerprint density at radius 3 is 2.35 bits per heavy atom. The maximum atomic E-state index is 6.42. The Bertz CT molecular complexity index is 677. The monoisotopic (exact) mass is 308 g/mol. The predicted octanol–water partition coefficient (Wildman–Crippen LogP) is 2.26. The molecule has 0 aromatic carbocycles. The van der Waals surface area contributed by atoms with Crippen LogP contribution in [0, 0.1) is 17.8 Å². The third kappa shape index (κ3) is 2.39. The van der Waals surface area contributed by atoms with Crippen molar-refractivity contribution in [3.05, 3.63) is 37.2 Å². The van der Waals surface area contributed by atoms with Gasteiger partial charge in [-0.15, -0.1) is 0 Å². The maximum Gasteiger partial charge on any atom is 0.138 e. The van der Waals surface area contributed by atoms with E-state index < -0.39 is 0 Å². The summed E-state index contributed by atoms with van der Waals surface area (Å²) < 4.78 is 6.42. The molecule has 6 rings (SSSR count). The fourth-order valence-electron chi connectivity index (χ4n) is 4.80. The Morgan fingerprint density at radius 1 is 0.870 bits per heavy atom. The molecule has 5 heteroatoms. The summed E-state index contributed by atoms with van der Waals surface area (Å²) in [5.74, 6) is 3.15. The van der Waals surface area contributed by atoms with Crippen molar-refractivity contribution in [1.82, 2.24) is 19.9 Å². The summed E-state index contributed by atoms with van der Waals surface area (Å²) in [6, 6.07) is 2.07. The van der Waals surface area contributed by atoms with Gasteiger partial charge in [0.1, 0.15) is 18.2 Å². The lowest BCUT2D eigenvalue weighted by molar-refractivity contribution is -0.0985. The molecule has 0 amide bonds. The Kier molecular flexibility index (Phi) is 3.08. The second kappa shape index (κ2) is 5.27. The minimum absolute atomic E-state index is 0.354. The molecule has 3 aliphatic heterocycles. The van der Waals surface area contributed by atoms with Gasteiger partial charge in [-0.25, -0.2) is 9.97 Å². The number of nitrogens with zero attached hydrogens (tertiary/aromatic N) is 4. The molecule has 118 valence electrons. The molecule has 1 aliphatic carbocycles. The van der Waals surface area contributed by atoms with Crippen LogP contribution in [0.2, 0.25) is 0 Å². The number of aromatic nitrogens is 3. The highest BCUT2D eigenvalue weighted by Gasteiger charge is 2.48. The van der Waals surface area contributed by atoms with Crippen molar-refractivity contribution in [2.24, 2.45) is 17.8 Å². The van der Waals surface area contributed by atoms with E-state index in [9.17, 15) is 0 Å². The average Bonchev–Trinajstić information content (AvgIpc) is 2.59. The fraction of sp³-hybridized carbons (Fsp3) is 0.500. The minimum Gasteiger partial charge on any atom is -0.488 e. The first-order valence-electron chi connectivity index (χ1n) is 8.44. The summed E-state index contributed by atoms with van der Waals surface area (Å²) in [7, 11) is 0. The molecule has 2 aromatic rings. The maximum absolute atomic E-state index is 6.42. The van der Waals surface area contributed by atoms with E-state index in [4.69, 9.17) is 4.74 Å². The van der Waals surface area contributed by atoms with Crippen molar-refractivity contribution in [3.8, 4) is 16.9 Å². The Hall–Kier alpha value is -2.01. The van der Waals surface area contributed by atoms with Crippen LogP contribution in [0.25, 0.3) is 11.1 Å². The van der Waals surface area contributed by atoms with Crippen LogP contribution < -0.4 is 4.74 Å². The molecule has 5 heterocycles. The van der Waals surface area contributed by atoms with Gasteiger partial charge < -0.3 is 9.64 Å². The van der Waals surface area contributed by atoms with Gasteiger partial charge in [-0.05, 0) is 24.8 Å². The molecular formula is C18H20N4O. The lowest BCUT2D eigenvalue weighted by Gasteiger charge is -2.55. The van der Waals surface area contributed by atoms with Crippen LogP contribution in [0.1, 0.15) is 12.8 Å². The first-order valence-corrected chi connectivity index (χ1v) is 8.44. The second-order valence-corrected chi connectivity index (χ2v) is 7.20. The van der Waals surface area contributed by atoms with Gasteiger partial charge in [0, 0.05) is 61.2 Å². The fourth-order valence-corrected chi connectivity index (χ4v) is 4.80. The molecule has 4 fully saturated rings. The van der Waals surface area contributed by atoms with E-state index >= 15 is 0 Å². The summed E-state index contributed by atoms with van der Waals surface area (Å²) in [5, 5.41) is 0. The highest BCUT2D eigenvalue weighted by molar-refractivity contribution is 5.61. The molecule has 1 saturated carbocycles. The Balaban J connectivity index is 1.39. The molecule has 3 saturated heterocycles. The zero-order valence-electron chi connectivity index (χ0n) is 13.0. The van der Waals surface area contributed by atoms with Crippen molar-refractivity contribution >= 4 is 0 Å². The minimum atomic E-state index is 0.354. The van der Waals surface area contributed by atoms with Crippen LogP contribution in [0.3, 0.4) is 0 Å². The normalized spacial score (nSPS) is 34.5. The van der Waals surface area contributed by atoms with Crippen LogP contribution in [-0.4, -0.2) is 45.6 Å². The number of hydrogen-bond donors (Lipinski definition) is 0. The topological polar surface area (TPSA) is 51.1 Å². The van der Waals surface area contributed by atoms with Gasteiger partial charge >= 0.3 is 0 Å². The van der Waals surface area contributed by atoms with Crippen LogP contribution >= 0.6 is 0 Å². The summed E-state index contributed by atoms with van der Waals surface area (Å²) in [6.45, 7) is 3.72. The molecule has 23 heavy (non-hydrogen) atoms. The Morgan fingerprint density at radius 2 is 1.61 bits per heavy atom. The quantitative estimate of drug-likeness (QED) is 0.870. The largest absolute Gasteiger partial charge is 0.488 e. The zero-order valence-corrected chi connectivity index (χ0v) is 13.0. The first-order chi connectivity index (χ1) is 11.3. The molecule has 0 spiro atoms. The summed E-state index contributed by atoms with van der Waals surface area (Å²) >= 11 is 0. The van der Waals surface area contributed by atoms with Crippen LogP contribution in [-0.2, 0) is 0 Å². The highest BCUT2D eigenvalue weighted by atomic mass is 16.5. The average molecular weight is 308 g/mol. The molecular weight excluding hydrogens is 288 g/mol. The van der Waals surface area contributed by atoms with Crippen LogP contribution in [0.15, 0.2) is 37.2 Å². The molecule has 0 radical (unpaired) electrons. The molecule has 4 aliphatic rings. The molecule has 0 unspecified atom stereocenters. The second-order valence-electron chi connectivity index (χ2n) is 7.20. The van der Waals surface area contributed by atoms with Gasteiger partial charge in [0.25, 0.3) is 0 Å². The van der Waals surface area contributed by atoms with Gasteiger partial charge in [-0.1, -0.05) is 0 Å². The van der Waals surface area contributed by atoms with Gasteiger partial charge in [-0.3, -0.25) is 4.98 Å². The lowest BCUT2D eigenvalue weighted by atomic mass is 9.66. The van der Waals surface area contributed by atoms with Crippen molar-refractivity contribution < 1.29 is 4.74 Å². The SMILES string of the molecule is c1ncc(-c2cncc(OC3[C@H]4CC5C[C@H]3CN(C5)C4)c2)cn1. The number of pyridine rings is 1. The van der Waals surface area contributed by atoms with Gasteiger partial charge in [0.15, 0.2) is 0 Å². The molecule has 4 bridgehead atoms. The van der Waals surface area contributed by atoms with Crippen molar-refractivity contribution in [2.75, 3.05) is 19.6 Å². The Labute approximate surface area is 135 Å². The van der Waals surface area contributed by atoms with Crippen LogP contribution in [0.5, 0.6) is 5.75 Å². The number of hydrogen-bond acceptors (Lipinski definition) is 5.